The number of rotatable bonds is 2. The van der Waals surface area contributed by atoms with E-state index in [0.717, 1.165) is 4.47 Å². The van der Waals surface area contributed by atoms with Crippen molar-refractivity contribution in [2.45, 2.75) is 0 Å². The molecular weight excluding hydrogens is 295 g/mol. The van der Waals surface area contributed by atoms with Crippen molar-refractivity contribution < 1.29 is 14.3 Å². The molecule has 0 saturated heterocycles. The van der Waals surface area contributed by atoms with Crippen LogP contribution in [0.3, 0.4) is 0 Å². The minimum Gasteiger partial charge on any atom is -0.478 e. The second kappa shape index (κ2) is 4.35. The van der Waals surface area contributed by atoms with Gasteiger partial charge in [-0.05, 0) is 39.5 Å². The SMILES string of the molecule is O=C(O)c1ccc(F)c(-c2cscc2Br)c1. The van der Waals surface area contributed by atoms with Gasteiger partial charge < -0.3 is 5.11 Å². The van der Waals surface area contributed by atoms with E-state index in [1.807, 2.05) is 5.38 Å². The lowest BCUT2D eigenvalue weighted by Crippen LogP contribution is -1.97. The first-order chi connectivity index (χ1) is 7.59. The van der Waals surface area contributed by atoms with Crippen LogP contribution in [-0.4, -0.2) is 11.1 Å². The van der Waals surface area contributed by atoms with E-state index in [1.54, 1.807) is 5.38 Å². The zero-order valence-electron chi connectivity index (χ0n) is 7.91. The highest BCUT2D eigenvalue weighted by molar-refractivity contribution is 9.10. The largest absolute Gasteiger partial charge is 0.478 e. The van der Waals surface area contributed by atoms with Crippen LogP contribution in [0.4, 0.5) is 4.39 Å². The maximum absolute atomic E-state index is 13.6. The van der Waals surface area contributed by atoms with Gasteiger partial charge in [0.15, 0.2) is 0 Å². The molecule has 82 valence electrons. The highest BCUT2D eigenvalue weighted by Gasteiger charge is 2.12. The smallest absolute Gasteiger partial charge is 0.335 e. The fourth-order valence-electron chi connectivity index (χ4n) is 1.34. The normalized spacial score (nSPS) is 10.4. The molecule has 0 amide bonds. The van der Waals surface area contributed by atoms with E-state index < -0.39 is 11.8 Å². The number of halogens is 2. The first-order valence-electron chi connectivity index (χ1n) is 4.34. The number of benzene rings is 1. The molecule has 0 aliphatic rings. The van der Waals surface area contributed by atoms with Gasteiger partial charge in [0.05, 0.1) is 5.56 Å². The number of carbonyl (C=O) groups is 1. The molecule has 0 aliphatic heterocycles. The monoisotopic (exact) mass is 300 g/mol. The average molecular weight is 301 g/mol. The van der Waals surface area contributed by atoms with Crippen molar-refractivity contribution >= 4 is 33.2 Å². The van der Waals surface area contributed by atoms with Crippen molar-refractivity contribution in [3.05, 3.63) is 44.8 Å². The zero-order valence-corrected chi connectivity index (χ0v) is 10.3. The lowest BCUT2D eigenvalue weighted by Gasteiger charge is -2.03. The van der Waals surface area contributed by atoms with Crippen LogP contribution in [0.5, 0.6) is 0 Å². The molecule has 0 unspecified atom stereocenters. The molecular formula is C11H6BrFO2S. The van der Waals surface area contributed by atoms with Crippen LogP contribution in [0.15, 0.2) is 33.4 Å². The standard InChI is InChI=1S/C11H6BrFO2S/c12-9-5-16-4-8(9)7-3-6(11(14)15)1-2-10(7)13/h1-5H,(H,14,15). The summed E-state index contributed by atoms with van der Waals surface area (Å²) in [6.07, 6.45) is 0. The Bertz CT molecular complexity index is 551. The summed E-state index contributed by atoms with van der Waals surface area (Å²) in [6.45, 7) is 0. The van der Waals surface area contributed by atoms with Crippen molar-refractivity contribution in [2.24, 2.45) is 0 Å². The molecule has 0 atom stereocenters. The molecule has 1 N–H and O–H groups in total. The molecule has 0 spiro atoms. The predicted molar refractivity (Wildman–Crippen MR) is 64.4 cm³/mol. The number of thiophene rings is 1. The molecule has 16 heavy (non-hydrogen) atoms. The van der Waals surface area contributed by atoms with Crippen molar-refractivity contribution in [3.63, 3.8) is 0 Å². The van der Waals surface area contributed by atoms with Gasteiger partial charge in [0.2, 0.25) is 0 Å². The fourth-order valence-corrected chi connectivity index (χ4v) is 2.85. The number of carboxylic acids is 1. The van der Waals surface area contributed by atoms with Gasteiger partial charge in [-0.3, -0.25) is 0 Å². The molecule has 0 aliphatic carbocycles. The Morgan fingerprint density at radius 3 is 2.62 bits per heavy atom. The minimum absolute atomic E-state index is 0.0782. The summed E-state index contributed by atoms with van der Waals surface area (Å²) in [5.41, 5.74) is 1.05. The van der Waals surface area contributed by atoms with Gasteiger partial charge in [-0.25, -0.2) is 9.18 Å². The minimum atomic E-state index is -1.06. The van der Waals surface area contributed by atoms with Crippen LogP contribution in [0.1, 0.15) is 10.4 Å². The molecule has 1 aromatic carbocycles. The topological polar surface area (TPSA) is 37.3 Å². The van der Waals surface area contributed by atoms with Crippen molar-refractivity contribution in [1.82, 2.24) is 0 Å². The third kappa shape index (κ3) is 2.01. The Morgan fingerprint density at radius 1 is 1.31 bits per heavy atom. The van der Waals surface area contributed by atoms with E-state index in [-0.39, 0.29) is 5.56 Å². The van der Waals surface area contributed by atoms with E-state index in [0.29, 0.717) is 11.1 Å². The summed E-state index contributed by atoms with van der Waals surface area (Å²) in [5, 5.41) is 12.4. The highest BCUT2D eigenvalue weighted by Crippen LogP contribution is 2.33. The molecule has 2 nitrogen and oxygen atoms in total. The van der Waals surface area contributed by atoms with Gasteiger partial charge in [0, 0.05) is 21.0 Å². The van der Waals surface area contributed by atoms with Crippen molar-refractivity contribution in [3.8, 4) is 11.1 Å². The van der Waals surface area contributed by atoms with E-state index in [4.69, 9.17) is 5.11 Å². The highest BCUT2D eigenvalue weighted by atomic mass is 79.9. The van der Waals surface area contributed by atoms with Crippen LogP contribution >= 0.6 is 27.3 Å². The Balaban J connectivity index is 2.60. The van der Waals surface area contributed by atoms with Crippen LogP contribution in [0.25, 0.3) is 11.1 Å². The third-order valence-electron chi connectivity index (χ3n) is 2.12. The summed E-state index contributed by atoms with van der Waals surface area (Å²) in [5.74, 6) is -1.49. The molecule has 1 aromatic heterocycles. The molecule has 1 heterocycles. The molecule has 2 aromatic rings. The Hall–Kier alpha value is -1.20. The van der Waals surface area contributed by atoms with E-state index in [2.05, 4.69) is 15.9 Å². The molecule has 0 fully saturated rings. The number of hydrogen-bond acceptors (Lipinski definition) is 2. The third-order valence-corrected chi connectivity index (χ3v) is 3.82. The Morgan fingerprint density at radius 2 is 2.06 bits per heavy atom. The number of hydrogen-bond donors (Lipinski definition) is 1. The van der Waals surface area contributed by atoms with Crippen LogP contribution < -0.4 is 0 Å². The maximum atomic E-state index is 13.6. The molecule has 0 bridgehead atoms. The van der Waals surface area contributed by atoms with Crippen molar-refractivity contribution in [2.75, 3.05) is 0 Å². The number of carboxylic acid groups (broad SMARTS) is 1. The van der Waals surface area contributed by atoms with Crippen LogP contribution in [-0.2, 0) is 0 Å². The lowest BCUT2D eigenvalue weighted by atomic mass is 10.1. The van der Waals surface area contributed by atoms with Crippen molar-refractivity contribution in [1.29, 1.82) is 0 Å². The van der Waals surface area contributed by atoms with Gasteiger partial charge in [0.1, 0.15) is 5.82 Å². The summed E-state index contributed by atoms with van der Waals surface area (Å²) in [7, 11) is 0. The summed E-state index contributed by atoms with van der Waals surface area (Å²) in [6, 6.07) is 3.76. The molecule has 2 rings (SSSR count). The second-order valence-corrected chi connectivity index (χ2v) is 4.73. The first-order valence-corrected chi connectivity index (χ1v) is 6.08. The van der Waals surface area contributed by atoms with Gasteiger partial charge in [-0.2, -0.15) is 11.3 Å². The fraction of sp³-hybridized carbons (Fsp3) is 0. The molecule has 0 saturated carbocycles. The summed E-state index contributed by atoms with van der Waals surface area (Å²) in [4.78, 5) is 10.8. The first kappa shape index (κ1) is 11.3. The molecule has 5 heteroatoms. The summed E-state index contributed by atoms with van der Waals surface area (Å²) >= 11 is 4.72. The average Bonchev–Trinajstić information content (AvgIpc) is 2.65. The van der Waals surface area contributed by atoms with Crippen LogP contribution in [0.2, 0.25) is 0 Å². The van der Waals surface area contributed by atoms with E-state index >= 15 is 0 Å². The zero-order chi connectivity index (χ0) is 11.7. The maximum Gasteiger partial charge on any atom is 0.335 e. The molecule has 0 radical (unpaired) electrons. The quantitative estimate of drug-likeness (QED) is 0.910. The van der Waals surface area contributed by atoms with Crippen LogP contribution in [0, 0.1) is 5.82 Å². The number of aromatic carboxylic acids is 1. The van der Waals surface area contributed by atoms with Gasteiger partial charge in [-0.1, -0.05) is 0 Å². The predicted octanol–water partition coefficient (Wildman–Crippen LogP) is 4.01. The second-order valence-electron chi connectivity index (χ2n) is 3.13. The Kier molecular flexibility index (Phi) is 3.07. The van der Waals surface area contributed by atoms with Gasteiger partial charge >= 0.3 is 5.97 Å². The lowest BCUT2D eigenvalue weighted by molar-refractivity contribution is 0.0697. The van der Waals surface area contributed by atoms with Gasteiger partial charge in [-0.15, -0.1) is 0 Å². The Labute approximate surface area is 103 Å². The summed E-state index contributed by atoms with van der Waals surface area (Å²) < 4.78 is 14.3. The van der Waals surface area contributed by atoms with E-state index in [1.165, 1.54) is 29.5 Å². The van der Waals surface area contributed by atoms with E-state index in [9.17, 15) is 9.18 Å². The van der Waals surface area contributed by atoms with Gasteiger partial charge in [0.25, 0.3) is 0 Å².